The number of aliphatic hydroxyl groups excluding tert-OH is 2. The van der Waals surface area contributed by atoms with Crippen LogP contribution in [0.5, 0.6) is 0 Å². The molecule has 2 N–H and O–H groups in total. The molecule has 0 saturated carbocycles. The van der Waals surface area contributed by atoms with Gasteiger partial charge in [-0.05, 0) is 0 Å². The number of allylic oxidation sites excluding steroid dienone is 8. The second-order valence-corrected chi connectivity index (χ2v) is 49.1. The van der Waals surface area contributed by atoms with E-state index in [9.17, 15) is 10.2 Å². The fraction of sp³-hybridized carbons (Fsp3) is 0.600. The molecule has 0 fully saturated rings. The molecule has 0 spiro atoms. The fourth-order valence-corrected chi connectivity index (χ4v) is 19.7. The van der Waals surface area contributed by atoms with Crippen molar-refractivity contribution in [3.63, 3.8) is 0 Å². The van der Waals surface area contributed by atoms with Gasteiger partial charge in [0.05, 0.1) is 0 Å². The predicted molar refractivity (Wildman–Crippen MR) is 135 cm³/mol. The van der Waals surface area contributed by atoms with Crippen LogP contribution >= 0.6 is 24.8 Å². The summed E-state index contributed by atoms with van der Waals surface area (Å²) in [4.78, 5) is 0. The van der Waals surface area contributed by atoms with Crippen molar-refractivity contribution >= 4 is 47.8 Å². The predicted octanol–water partition coefficient (Wildman–Crippen LogP) is 5.07. The largest absolute Gasteiger partial charge is 0.147 e. The average Bonchev–Trinajstić information content (AvgIpc) is 3.18. The molecule has 0 aromatic rings. The zero-order valence-corrected chi connectivity index (χ0v) is 26.0. The number of rotatable bonds is 8. The summed E-state index contributed by atoms with van der Waals surface area (Å²) in [5.41, 5.74) is 0. The summed E-state index contributed by atoms with van der Waals surface area (Å²) in [5, 5.41) is 22.0. The van der Waals surface area contributed by atoms with Crippen LogP contribution in [-0.4, -0.2) is 46.5 Å². The van der Waals surface area contributed by atoms with Gasteiger partial charge >= 0.3 is 165 Å². The Morgan fingerprint density at radius 2 is 1.14 bits per heavy atom. The summed E-state index contributed by atoms with van der Waals surface area (Å²) in [6, 6.07) is 1.92. The molecular formula is C20H40Cl2O2Si3Zr. The Hall–Kier alpha value is 0.994. The van der Waals surface area contributed by atoms with E-state index in [1.54, 1.807) is 17.0 Å². The van der Waals surface area contributed by atoms with Gasteiger partial charge in [-0.1, -0.05) is 0 Å². The second kappa shape index (κ2) is 10.1. The van der Waals surface area contributed by atoms with E-state index in [4.69, 9.17) is 0 Å². The standard InChI is InChI=1S/2C9H15OSi.2CH3.2ClH.H2Si.Zr/c2*1-11(2,8-7-10)9-5-3-4-6-9;;;;;;/h2*5-6,10H,3,7-8H2,1-2H3;2*1H3;2*1H;1H2;. The molecule has 0 unspecified atom stereocenters. The van der Waals surface area contributed by atoms with Crippen LogP contribution in [-0.2, 0) is 17.4 Å². The first-order chi connectivity index (χ1) is 11.8. The van der Waals surface area contributed by atoms with E-state index in [0.717, 1.165) is 24.9 Å². The SMILES string of the molecule is C[Si](C)(CCO)C1=CC[C]([Zr]([CH3])([CH3])(=[SiH2])[C]2=CC([Si](C)(C)CCO)=CC2)=C1.Cl.Cl. The molecule has 162 valence electrons. The third-order valence-electron chi connectivity index (χ3n) is 6.84. The smallest absolute Gasteiger partial charge is 0.147 e. The fourth-order valence-electron chi connectivity index (χ4n) is 4.17. The zero-order chi connectivity index (χ0) is 19.8. The Kier molecular flexibility index (Phi) is 10.4. The van der Waals surface area contributed by atoms with Crippen molar-refractivity contribution in [1.82, 2.24) is 0 Å². The molecule has 0 bridgehead atoms. The molecule has 2 aliphatic carbocycles. The molecule has 0 atom stereocenters. The molecule has 0 radical (unpaired) electrons. The summed E-state index contributed by atoms with van der Waals surface area (Å²) < 4.78 is 8.65. The molecule has 28 heavy (non-hydrogen) atoms. The zero-order valence-electron chi connectivity index (χ0n) is 18.5. The molecule has 0 aromatic heterocycles. The Labute approximate surface area is 189 Å². The van der Waals surface area contributed by atoms with Gasteiger partial charge in [-0.3, -0.25) is 0 Å². The Morgan fingerprint density at radius 3 is 1.43 bits per heavy atom. The molecule has 2 rings (SSSR count). The minimum Gasteiger partial charge on any atom is -0.147 e. The Bertz CT molecular complexity index is 716. The van der Waals surface area contributed by atoms with Gasteiger partial charge in [0.2, 0.25) is 0 Å². The molecular weight excluding hydrogens is 519 g/mol. The van der Waals surface area contributed by atoms with Crippen molar-refractivity contribution in [3.05, 3.63) is 41.3 Å². The van der Waals surface area contributed by atoms with Crippen LogP contribution in [0.3, 0.4) is 0 Å². The number of halogens is 2. The van der Waals surface area contributed by atoms with Gasteiger partial charge in [0.25, 0.3) is 0 Å². The van der Waals surface area contributed by atoms with Gasteiger partial charge in [-0.15, -0.1) is 24.8 Å². The van der Waals surface area contributed by atoms with Gasteiger partial charge in [0, 0.05) is 0 Å². The van der Waals surface area contributed by atoms with Crippen molar-refractivity contribution < 1.29 is 27.6 Å². The summed E-state index contributed by atoms with van der Waals surface area (Å²) in [5.74, 6) is 0. The van der Waals surface area contributed by atoms with E-state index in [2.05, 4.69) is 66.6 Å². The molecule has 2 nitrogen and oxygen atoms in total. The van der Waals surface area contributed by atoms with Gasteiger partial charge in [0.1, 0.15) is 0 Å². The summed E-state index contributed by atoms with van der Waals surface area (Å²) >= 11 is -3.08. The van der Waals surface area contributed by atoms with E-state index in [1.807, 2.05) is 0 Å². The quantitative estimate of drug-likeness (QED) is 0.409. The maximum atomic E-state index is 9.43. The molecule has 0 aliphatic heterocycles. The van der Waals surface area contributed by atoms with Crippen LogP contribution in [0.15, 0.2) is 41.3 Å². The first kappa shape index (κ1) is 29.0. The van der Waals surface area contributed by atoms with Crippen molar-refractivity contribution in [3.8, 4) is 0 Å². The van der Waals surface area contributed by atoms with Gasteiger partial charge in [-0.25, -0.2) is 0 Å². The first-order valence-corrected chi connectivity index (χ1v) is 29.7. The first-order valence-electron chi connectivity index (χ1n) is 9.95. The Morgan fingerprint density at radius 1 is 0.821 bits per heavy atom. The second-order valence-electron chi connectivity index (χ2n) is 10.5. The Balaban J connectivity index is 0.00000364. The third kappa shape index (κ3) is 6.03. The average molecular weight is 559 g/mol. The summed E-state index contributed by atoms with van der Waals surface area (Å²) in [6.45, 7) is 12.5. The molecule has 8 heteroatoms. The van der Waals surface area contributed by atoms with E-state index in [-0.39, 0.29) is 24.8 Å². The van der Waals surface area contributed by atoms with Crippen molar-refractivity contribution in [2.24, 2.45) is 0 Å². The molecule has 2 aliphatic rings. The van der Waals surface area contributed by atoms with Crippen molar-refractivity contribution in [2.45, 2.75) is 60.4 Å². The number of hydrogen-bond donors (Lipinski definition) is 2. The van der Waals surface area contributed by atoms with Crippen molar-refractivity contribution in [1.29, 1.82) is 0 Å². The van der Waals surface area contributed by atoms with Crippen LogP contribution in [0.1, 0.15) is 12.8 Å². The van der Waals surface area contributed by atoms with Gasteiger partial charge in [-0.2, -0.15) is 0 Å². The minimum atomic E-state index is -3.08. The summed E-state index contributed by atoms with van der Waals surface area (Å²) in [6.07, 6.45) is 12.3. The van der Waals surface area contributed by atoms with E-state index in [0.29, 0.717) is 13.2 Å². The van der Waals surface area contributed by atoms with E-state index < -0.39 is 33.5 Å². The van der Waals surface area contributed by atoms with Crippen LogP contribution < -0.4 is 0 Å². The van der Waals surface area contributed by atoms with E-state index in [1.165, 1.54) is 0 Å². The summed E-state index contributed by atoms with van der Waals surface area (Å²) in [7, 11) is -3.00. The van der Waals surface area contributed by atoms with Crippen molar-refractivity contribution in [2.75, 3.05) is 13.2 Å². The minimum absolute atomic E-state index is 0. The van der Waals surface area contributed by atoms with Crippen LogP contribution in [0.4, 0.5) is 0 Å². The maximum Gasteiger partial charge on any atom is -0.147 e. The maximum absolute atomic E-state index is 9.43. The van der Waals surface area contributed by atoms with Crippen LogP contribution in [0.2, 0.25) is 47.5 Å². The van der Waals surface area contributed by atoms with Crippen LogP contribution in [0.25, 0.3) is 0 Å². The number of hydrogen-bond acceptors (Lipinski definition) is 2. The van der Waals surface area contributed by atoms with Crippen LogP contribution in [0, 0.1) is 0 Å². The molecule has 0 aromatic carbocycles. The molecule has 0 saturated heterocycles. The van der Waals surface area contributed by atoms with Gasteiger partial charge in [0.15, 0.2) is 0 Å². The third-order valence-corrected chi connectivity index (χ3v) is 30.8. The monoisotopic (exact) mass is 556 g/mol. The number of aliphatic hydroxyl groups is 2. The van der Waals surface area contributed by atoms with E-state index >= 15 is 0 Å². The van der Waals surface area contributed by atoms with Gasteiger partial charge < -0.3 is 0 Å². The normalized spacial score (nSPS) is 17.9. The molecule has 0 heterocycles. The topological polar surface area (TPSA) is 40.5 Å². The molecule has 0 amide bonds.